The lowest BCUT2D eigenvalue weighted by Gasteiger charge is -1.86. The van der Waals surface area contributed by atoms with Gasteiger partial charge >= 0.3 is 0 Å². The summed E-state index contributed by atoms with van der Waals surface area (Å²) in [5.74, 6) is 0.833. The van der Waals surface area contributed by atoms with Crippen molar-refractivity contribution in [3.63, 3.8) is 0 Å². The summed E-state index contributed by atoms with van der Waals surface area (Å²) in [5, 5.41) is 0. The van der Waals surface area contributed by atoms with Gasteiger partial charge in [0.1, 0.15) is 5.65 Å². The highest BCUT2D eigenvalue weighted by Crippen LogP contribution is 1.96. The maximum atomic E-state index is 4.08. The Hall–Kier alpha value is -1.31. The minimum absolute atomic E-state index is 0.833. The zero-order valence-electron chi connectivity index (χ0n) is 10.4. The summed E-state index contributed by atoms with van der Waals surface area (Å²) < 4.78 is 1.97. The van der Waals surface area contributed by atoms with Crippen molar-refractivity contribution in [1.29, 1.82) is 0 Å². The normalized spacial score (nSPS) is 8.93. The molecule has 2 aromatic heterocycles. The molecule has 2 heterocycles. The molecular formula is C13H22N2. The summed E-state index contributed by atoms with van der Waals surface area (Å²) in [6, 6.07) is 5.93. The molecule has 0 aromatic carbocycles. The van der Waals surface area contributed by atoms with E-state index in [0.29, 0.717) is 0 Å². The van der Waals surface area contributed by atoms with E-state index < -0.39 is 0 Å². The molecule has 84 valence electrons. The van der Waals surface area contributed by atoms with Crippen molar-refractivity contribution < 1.29 is 0 Å². The van der Waals surface area contributed by atoms with Crippen LogP contribution in [-0.4, -0.2) is 9.38 Å². The molecule has 2 rings (SSSR count). The van der Waals surface area contributed by atoms with Gasteiger partial charge in [-0.2, -0.15) is 0 Å². The lowest BCUT2D eigenvalue weighted by Crippen LogP contribution is -1.77. The van der Waals surface area contributed by atoms with Gasteiger partial charge in [-0.05, 0) is 18.1 Å². The average Bonchev–Trinajstić information content (AvgIpc) is 2.67. The molecule has 0 saturated carbocycles. The largest absolute Gasteiger partial charge is 0.307 e. The summed E-state index contributed by atoms with van der Waals surface area (Å²) in [6.45, 7) is 10.5. The van der Waals surface area contributed by atoms with Crippen molar-refractivity contribution in [3.8, 4) is 0 Å². The standard InChI is InChI=1S/C7H6N2.C4H10.C2H6/c1-2-5-9-6-4-8-7(9)3-1;1-4(2)3;1-2/h1-6H;4H,1-3H3;1-2H3. The van der Waals surface area contributed by atoms with E-state index >= 15 is 0 Å². The zero-order valence-corrected chi connectivity index (χ0v) is 10.4. The first-order valence-corrected chi connectivity index (χ1v) is 5.58. The van der Waals surface area contributed by atoms with E-state index in [1.165, 1.54) is 0 Å². The Balaban J connectivity index is 0.000000282. The van der Waals surface area contributed by atoms with Crippen LogP contribution in [0.5, 0.6) is 0 Å². The molecule has 2 aromatic rings. The van der Waals surface area contributed by atoms with Crippen molar-refractivity contribution in [2.45, 2.75) is 34.6 Å². The summed E-state index contributed by atoms with van der Waals surface area (Å²) in [7, 11) is 0. The van der Waals surface area contributed by atoms with Crippen LogP contribution >= 0.6 is 0 Å². The van der Waals surface area contributed by atoms with E-state index in [-0.39, 0.29) is 0 Å². The molecule has 0 aliphatic rings. The fourth-order valence-corrected chi connectivity index (χ4v) is 0.864. The van der Waals surface area contributed by atoms with Crippen molar-refractivity contribution in [2.75, 3.05) is 0 Å². The molecule has 0 atom stereocenters. The van der Waals surface area contributed by atoms with Crippen LogP contribution in [0.25, 0.3) is 5.65 Å². The van der Waals surface area contributed by atoms with Gasteiger partial charge in [0.25, 0.3) is 0 Å². The van der Waals surface area contributed by atoms with Crippen LogP contribution in [0.1, 0.15) is 34.6 Å². The minimum Gasteiger partial charge on any atom is -0.307 e. The van der Waals surface area contributed by atoms with Gasteiger partial charge in [0, 0.05) is 18.6 Å². The molecule has 0 spiro atoms. The first-order chi connectivity index (χ1) is 7.20. The molecule has 15 heavy (non-hydrogen) atoms. The Bertz CT molecular complexity index is 317. The number of imidazole rings is 1. The van der Waals surface area contributed by atoms with Crippen LogP contribution in [0.4, 0.5) is 0 Å². The zero-order chi connectivity index (χ0) is 11.7. The van der Waals surface area contributed by atoms with Crippen LogP contribution in [-0.2, 0) is 0 Å². The second-order valence-corrected chi connectivity index (χ2v) is 3.63. The van der Waals surface area contributed by atoms with E-state index in [1.54, 1.807) is 6.20 Å². The molecular weight excluding hydrogens is 184 g/mol. The molecule has 2 nitrogen and oxygen atoms in total. The fourth-order valence-electron chi connectivity index (χ4n) is 0.864. The molecule has 0 aliphatic carbocycles. The lowest BCUT2D eigenvalue weighted by molar-refractivity contribution is 0.737. The highest BCUT2D eigenvalue weighted by atomic mass is 15.0. The Morgan fingerprint density at radius 2 is 1.67 bits per heavy atom. The second-order valence-electron chi connectivity index (χ2n) is 3.63. The average molecular weight is 206 g/mol. The predicted octanol–water partition coefficient (Wildman–Crippen LogP) is 4.02. The summed E-state index contributed by atoms with van der Waals surface area (Å²) in [5.41, 5.74) is 0.998. The van der Waals surface area contributed by atoms with Crippen molar-refractivity contribution in [3.05, 3.63) is 36.8 Å². The fraction of sp³-hybridized carbons (Fsp3) is 0.462. The van der Waals surface area contributed by atoms with Gasteiger partial charge in [0.15, 0.2) is 0 Å². The molecule has 0 amide bonds. The number of fused-ring (bicyclic) bond motifs is 1. The number of rotatable bonds is 0. The summed E-state index contributed by atoms with van der Waals surface area (Å²) in [4.78, 5) is 4.08. The Labute approximate surface area is 93.0 Å². The third-order valence-corrected chi connectivity index (χ3v) is 1.30. The lowest BCUT2D eigenvalue weighted by atomic mass is 10.3. The maximum Gasteiger partial charge on any atom is 0.136 e. The van der Waals surface area contributed by atoms with Gasteiger partial charge in [-0.1, -0.05) is 40.7 Å². The predicted molar refractivity (Wildman–Crippen MR) is 67.1 cm³/mol. The summed E-state index contributed by atoms with van der Waals surface area (Å²) in [6.07, 6.45) is 5.69. The van der Waals surface area contributed by atoms with Gasteiger partial charge in [0.2, 0.25) is 0 Å². The van der Waals surface area contributed by atoms with Gasteiger partial charge in [0.05, 0.1) is 0 Å². The van der Waals surface area contributed by atoms with Crippen LogP contribution in [0.3, 0.4) is 0 Å². The van der Waals surface area contributed by atoms with Crippen LogP contribution < -0.4 is 0 Å². The molecule has 2 heteroatoms. The highest BCUT2D eigenvalue weighted by Gasteiger charge is 1.85. The molecule has 0 fully saturated rings. The SMILES string of the molecule is CC.CC(C)C.c1ccn2ccnc2c1. The smallest absolute Gasteiger partial charge is 0.136 e. The van der Waals surface area contributed by atoms with E-state index in [1.807, 2.05) is 48.8 Å². The first kappa shape index (κ1) is 13.7. The van der Waals surface area contributed by atoms with E-state index in [2.05, 4.69) is 25.8 Å². The molecule has 0 N–H and O–H groups in total. The van der Waals surface area contributed by atoms with Crippen LogP contribution in [0, 0.1) is 5.92 Å². The summed E-state index contributed by atoms with van der Waals surface area (Å²) >= 11 is 0. The van der Waals surface area contributed by atoms with Gasteiger partial charge in [-0.15, -0.1) is 0 Å². The Kier molecular flexibility index (Phi) is 7.33. The quantitative estimate of drug-likeness (QED) is 0.636. The first-order valence-electron chi connectivity index (χ1n) is 5.58. The number of hydrogen-bond acceptors (Lipinski definition) is 1. The Morgan fingerprint density at radius 3 is 2.20 bits per heavy atom. The number of pyridine rings is 1. The third-order valence-electron chi connectivity index (χ3n) is 1.30. The van der Waals surface area contributed by atoms with Crippen molar-refractivity contribution >= 4 is 5.65 Å². The number of nitrogens with zero attached hydrogens (tertiary/aromatic N) is 2. The van der Waals surface area contributed by atoms with E-state index in [0.717, 1.165) is 11.6 Å². The molecule has 0 aliphatic heterocycles. The number of hydrogen-bond donors (Lipinski definition) is 0. The Morgan fingerprint density at radius 1 is 1.07 bits per heavy atom. The van der Waals surface area contributed by atoms with Gasteiger partial charge < -0.3 is 4.40 Å². The highest BCUT2D eigenvalue weighted by molar-refractivity contribution is 5.36. The maximum absolute atomic E-state index is 4.08. The molecule has 0 unspecified atom stereocenters. The number of aromatic nitrogens is 2. The van der Waals surface area contributed by atoms with Gasteiger partial charge in [-0.3, -0.25) is 0 Å². The van der Waals surface area contributed by atoms with Crippen molar-refractivity contribution in [2.24, 2.45) is 5.92 Å². The second kappa shape index (κ2) is 8.04. The van der Waals surface area contributed by atoms with E-state index in [4.69, 9.17) is 0 Å². The van der Waals surface area contributed by atoms with Crippen LogP contribution in [0.2, 0.25) is 0 Å². The van der Waals surface area contributed by atoms with Crippen LogP contribution in [0.15, 0.2) is 36.8 Å². The third kappa shape index (κ3) is 5.89. The van der Waals surface area contributed by atoms with E-state index in [9.17, 15) is 0 Å². The molecule has 0 saturated heterocycles. The molecule has 0 bridgehead atoms. The van der Waals surface area contributed by atoms with Gasteiger partial charge in [-0.25, -0.2) is 4.98 Å². The molecule has 0 radical (unpaired) electrons. The monoisotopic (exact) mass is 206 g/mol. The minimum atomic E-state index is 0.833. The topological polar surface area (TPSA) is 17.3 Å². The van der Waals surface area contributed by atoms with Crippen molar-refractivity contribution in [1.82, 2.24) is 9.38 Å².